The SMILES string of the molecule is O=C(NC(c1ccc2c(c1)CCO2)C1CC(O)C1)c1ccc(F)cc1Cl. The Morgan fingerprint density at radius 1 is 1.27 bits per heavy atom. The van der Waals surface area contributed by atoms with Gasteiger partial charge in [0.2, 0.25) is 0 Å². The molecule has 2 N–H and O–H groups in total. The number of nitrogens with one attached hydrogen (secondary N) is 1. The first kappa shape index (κ1) is 17.3. The first-order valence-corrected chi connectivity index (χ1v) is 9.08. The van der Waals surface area contributed by atoms with Crippen LogP contribution in [0.2, 0.25) is 5.02 Å². The average Bonchev–Trinajstić information content (AvgIpc) is 3.04. The van der Waals surface area contributed by atoms with Crippen molar-refractivity contribution in [3.05, 3.63) is 63.9 Å². The second-order valence-corrected chi connectivity index (χ2v) is 7.33. The zero-order valence-electron chi connectivity index (χ0n) is 14.0. The standard InChI is InChI=1S/C20H19ClFNO3/c21-17-10-14(22)2-3-16(17)20(25)23-19(13-8-15(24)9-13)12-1-4-18-11(7-12)5-6-26-18/h1-4,7,10,13,15,19,24H,5-6,8-9H2,(H,23,25). The lowest BCUT2D eigenvalue weighted by Crippen LogP contribution is -2.41. The van der Waals surface area contributed by atoms with Crippen molar-refractivity contribution >= 4 is 17.5 Å². The summed E-state index contributed by atoms with van der Waals surface area (Å²) in [5.74, 6) is 0.199. The number of carbonyl (C=O) groups is 1. The van der Waals surface area contributed by atoms with Crippen LogP contribution in [-0.4, -0.2) is 23.7 Å². The van der Waals surface area contributed by atoms with Crippen molar-refractivity contribution < 1.29 is 19.0 Å². The lowest BCUT2D eigenvalue weighted by Gasteiger charge is -2.38. The van der Waals surface area contributed by atoms with Crippen LogP contribution in [0.1, 0.15) is 40.4 Å². The number of halogens is 2. The Kier molecular flexibility index (Phi) is 4.59. The van der Waals surface area contributed by atoms with Crippen LogP contribution < -0.4 is 10.1 Å². The van der Waals surface area contributed by atoms with E-state index in [1.165, 1.54) is 12.1 Å². The molecule has 4 rings (SSSR count). The molecule has 1 heterocycles. The highest BCUT2D eigenvalue weighted by Gasteiger charge is 2.36. The zero-order valence-corrected chi connectivity index (χ0v) is 14.8. The fourth-order valence-corrected chi connectivity index (χ4v) is 3.92. The maximum absolute atomic E-state index is 13.2. The van der Waals surface area contributed by atoms with Gasteiger partial charge in [0.05, 0.1) is 29.3 Å². The predicted octanol–water partition coefficient (Wildman–Crippen LogP) is 3.66. The van der Waals surface area contributed by atoms with E-state index in [2.05, 4.69) is 11.4 Å². The van der Waals surface area contributed by atoms with E-state index >= 15 is 0 Å². The number of fused-ring (bicyclic) bond motifs is 1. The van der Waals surface area contributed by atoms with Gasteiger partial charge in [-0.05, 0) is 60.2 Å². The third-order valence-corrected chi connectivity index (χ3v) is 5.47. The molecule has 6 heteroatoms. The first-order valence-electron chi connectivity index (χ1n) is 8.71. The van der Waals surface area contributed by atoms with Gasteiger partial charge in [0.15, 0.2) is 0 Å². The molecular formula is C20H19ClFNO3. The lowest BCUT2D eigenvalue weighted by molar-refractivity contribution is 0.0235. The van der Waals surface area contributed by atoms with Crippen LogP contribution >= 0.6 is 11.6 Å². The molecule has 1 aliphatic carbocycles. The Balaban J connectivity index is 1.60. The minimum Gasteiger partial charge on any atom is -0.493 e. The van der Waals surface area contributed by atoms with Gasteiger partial charge in [0.1, 0.15) is 11.6 Å². The fraction of sp³-hybridized carbons (Fsp3) is 0.350. The van der Waals surface area contributed by atoms with E-state index in [1.54, 1.807) is 0 Å². The van der Waals surface area contributed by atoms with Gasteiger partial charge in [0, 0.05) is 6.42 Å². The summed E-state index contributed by atoms with van der Waals surface area (Å²) in [5, 5.41) is 12.8. The number of amides is 1. The van der Waals surface area contributed by atoms with E-state index in [9.17, 15) is 14.3 Å². The van der Waals surface area contributed by atoms with Gasteiger partial charge in [-0.2, -0.15) is 0 Å². The van der Waals surface area contributed by atoms with Crippen molar-refractivity contribution in [1.82, 2.24) is 5.32 Å². The third kappa shape index (κ3) is 3.29. The monoisotopic (exact) mass is 375 g/mol. The highest BCUT2D eigenvalue weighted by molar-refractivity contribution is 6.33. The summed E-state index contributed by atoms with van der Waals surface area (Å²) in [6.45, 7) is 0.670. The molecule has 0 aromatic heterocycles. The van der Waals surface area contributed by atoms with Crippen molar-refractivity contribution in [1.29, 1.82) is 0 Å². The van der Waals surface area contributed by atoms with Gasteiger partial charge >= 0.3 is 0 Å². The van der Waals surface area contributed by atoms with Gasteiger partial charge in [-0.15, -0.1) is 0 Å². The van der Waals surface area contributed by atoms with E-state index in [-0.39, 0.29) is 34.6 Å². The highest BCUT2D eigenvalue weighted by atomic mass is 35.5. The number of benzene rings is 2. The van der Waals surface area contributed by atoms with Crippen molar-refractivity contribution in [2.24, 2.45) is 5.92 Å². The van der Waals surface area contributed by atoms with Gasteiger partial charge in [0.25, 0.3) is 5.91 Å². The van der Waals surface area contributed by atoms with Crippen LogP contribution in [0.4, 0.5) is 4.39 Å². The molecule has 0 radical (unpaired) electrons. The average molecular weight is 376 g/mol. The van der Waals surface area contributed by atoms with Gasteiger partial charge in [-0.1, -0.05) is 17.7 Å². The maximum atomic E-state index is 13.2. The summed E-state index contributed by atoms with van der Waals surface area (Å²) >= 11 is 6.02. The maximum Gasteiger partial charge on any atom is 0.253 e. The molecule has 0 spiro atoms. The van der Waals surface area contributed by atoms with Crippen molar-refractivity contribution in [3.8, 4) is 5.75 Å². The van der Waals surface area contributed by atoms with Crippen LogP contribution in [0.5, 0.6) is 5.75 Å². The second-order valence-electron chi connectivity index (χ2n) is 6.93. The molecule has 1 saturated carbocycles. The van der Waals surface area contributed by atoms with E-state index in [0.717, 1.165) is 29.4 Å². The topological polar surface area (TPSA) is 58.6 Å². The number of aliphatic hydroxyl groups is 1. The van der Waals surface area contributed by atoms with E-state index in [1.807, 2.05) is 12.1 Å². The molecule has 1 unspecified atom stereocenters. The summed E-state index contributed by atoms with van der Waals surface area (Å²) in [5.41, 5.74) is 2.35. The first-order chi connectivity index (χ1) is 12.5. The Morgan fingerprint density at radius 3 is 2.81 bits per heavy atom. The number of hydrogen-bond donors (Lipinski definition) is 2. The van der Waals surface area contributed by atoms with E-state index in [4.69, 9.17) is 16.3 Å². The summed E-state index contributed by atoms with van der Waals surface area (Å²) in [6, 6.07) is 9.43. The highest BCUT2D eigenvalue weighted by Crippen LogP contribution is 2.40. The van der Waals surface area contributed by atoms with Gasteiger partial charge < -0.3 is 15.2 Å². The molecule has 0 bridgehead atoms. The van der Waals surface area contributed by atoms with Crippen LogP contribution in [0.3, 0.4) is 0 Å². The predicted molar refractivity (Wildman–Crippen MR) is 96.0 cm³/mol. The van der Waals surface area contributed by atoms with Gasteiger partial charge in [-0.3, -0.25) is 4.79 Å². The molecular weight excluding hydrogens is 357 g/mol. The summed E-state index contributed by atoms with van der Waals surface area (Å²) in [4.78, 5) is 12.7. The molecule has 2 aromatic carbocycles. The molecule has 2 aromatic rings. The Bertz CT molecular complexity index is 851. The van der Waals surface area contributed by atoms with Gasteiger partial charge in [-0.25, -0.2) is 4.39 Å². The number of carbonyl (C=O) groups excluding carboxylic acids is 1. The van der Waals surface area contributed by atoms with Crippen LogP contribution in [-0.2, 0) is 6.42 Å². The molecule has 136 valence electrons. The summed E-state index contributed by atoms with van der Waals surface area (Å²) < 4.78 is 18.8. The fourth-order valence-electron chi connectivity index (χ4n) is 3.67. The van der Waals surface area contributed by atoms with E-state index < -0.39 is 5.82 Å². The smallest absolute Gasteiger partial charge is 0.253 e. The summed E-state index contributed by atoms with van der Waals surface area (Å²) in [6.07, 6.45) is 1.79. The quantitative estimate of drug-likeness (QED) is 0.857. The number of aliphatic hydroxyl groups excluding tert-OH is 1. The van der Waals surface area contributed by atoms with Crippen LogP contribution in [0.25, 0.3) is 0 Å². The number of rotatable bonds is 4. The van der Waals surface area contributed by atoms with Crippen LogP contribution in [0, 0.1) is 11.7 Å². The van der Waals surface area contributed by atoms with Crippen molar-refractivity contribution in [3.63, 3.8) is 0 Å². The Hall–Kier alpha value is -2.11. The van der Waals surface area contributed by atoms with Crippen molar-refractivity contribution in [2.75, 3.05) is 6.61 Å². The van der Waals surface area contributed by atoms with Crippen LogP contribution in [0.15, 0.2) is 36.4 Å². The third-order valence-electron chi connectivity index (χ3n) is 5.16. The zero-order chi connectivity index (χ0) is 18.3. The molecule has 1 atom stereocenters. The Labute approximate surface area is 155 Å². The minimum atomic E-state index is -0.483. The molecule has 1 fully saturated rings. The molecule has 26 heavy (non-hydrogen) atoms. The second kappa shape index (κ2) is 6.89. The Morgan fingerprint density at radius 2 is 2.08 bits per heavy atom. The molecule has 1 aliphatic heterocycles. The number of hydrogen-bond acceptors (Lipinski definition) is 3. The molecule has 0 saturated heterocycles. The van der Waals surface area contributed by atoms with E-state index in [0.29, 0.717) is 19.4 Å². The number of ether oxygens (including phenoxy) is 1. The molecule has 2 aliphatic rings. The molecule has 1 amide bonds. The minimum absolute atomic E-state index is 0.0808. The lowest BCUT2D eigenvalue weighted by atomic mass is 9.74. The normalized spacial score (nSPS) is 22.1. The largest absolute Gasteiger partial charge is 0.493 e. The summed E-state index contributed by atoms with van der Waals surface area (Å²) in [7, 11) is 0. The molecule has 4 nitrogen and oxygen atoms in total. The van der Waals surface area contributed by atoms with Crippen molar-refractivity contribution in [2.45, 2.75) is 31.4 Å².